The number of rotatable bonds is 24. The molecule has 4 aromatic rings. The number of nitrogens with zero attached hydrogens (tertiary/aromatic N) is 3. The molecule has 29 heteroatoms. The molecule has 0 heterocycles. The van der Waals surface area contributed by atoms with Crippen molar-refractivity contribution < 1.29 is 119 Å². The second-order valence-corrected chi connectivity index (χ2v) is 16.7. The number of carbonyl (C=O) groups excluding carboxylic acids is 6. The number of ether oxygens (including phenoxy) is 6. The number of hydrogen-bond donors (Lipinski definition) is 0. The Labute approximate surface area is 475 Å². The molecular weight excluding hydrogens is 1170 g/mol. The van der Waals surface area contributed by atoms with Crippen molar-refractivity contribution in [3.63, 3.8) is 0 Å². The van der Waals surface area contributed by atoms with Gasteiger partial charge in [0.2, 0.25) is 0 Å². The van der Waals surface area contributed by atoms with Crippen LogP contribution in [0.5, 0.6) is 5.75 Å². The maximum Gasteiger partial charge on any atom is 0.460 e. The third-order valence-electron chi connectivity index (χ3n) is 10.6. The van der Waals surface area contributed by atoms with Gasteiger partial charge in [-0.15, -0.1) is 0 Å². The van der Waals surface area contributed by atoms with Crippen molar-refractivity contribution in [3.05, 3.63) is 173 Å². The van der Waals surface area contributed by atoms with E-state index in [4.69, 9.17) is 23.7 Å². The summed E-state index contributed by atoms with van der Waals surface area (Å²) in [6, 6.07) is 14.0. The van der Waals surface area contributed by atoms with Gasteiger partial charge in [0.25, 0.3) is 0 Å². The summed E-state index contributed by atoms with van der Waals surface area (Å²) >= 11 is 0. The van der Waals surface area contributed by atoms with E-state index in [0.29, 0.717) is 43.7 Å². The first-order valence-electron chi connectivity index (χ1n) is 24.1. The van der Waals surface area contributed by atoms with Crippen LogP contribution < -0.4 is 4.74 Å². The molecule has 1 atom stereocenters. The van der Waals surface area contributed by atoms with Gasteiger partial charge in [-0.1, -0.05) is 57.0 Å². The Morgan fingerprint density at radius 1 is 0.529 bits per heavy atom. The molecule has 0 saturated carbocycles. The zero-order chi connectivity index (χ0) is 64.5. The number of carbonyl (C=O) groups is 6. The molecule has 0 bridgehead atoms. The Bertz CT molecular complexity index is 3100. The summed E-state index contributed by atoms with van der Waals surface area (Å²) in [5.74, 6) is -21.9. The van der Waals surface area contributed by atoms with Crippen LogP contribution in [0.25, 0.3) is 0 Å². The molecule has 0 aromatic heterocycles. The predicted octanol–water partition coefficient (Wildman–Crippen LogP) is 11.5. The van der Waals surface area contributed by atoms with Gasteiger partial charge >= 0.3 is 60.0 Å². The Morgan fingerprint density at radius 2 is 0.953 bits per heavy atom. The van der Waals surface area contributed by atoms with E-state index in [1.54, 1.807) is 19.1 Å². The van der Waals surface area contributed by atoms with E-state index < -0.39 is 124 Å². The van der Waals surface area contributed by atoms with E-state index in [9.17, 15) is 90.2 Å². The molecule has 0 aliphatic carbocycles. The molecule has 0 fully saturated rings. The van der Waals surface area contributed by atoms with Crippen molar-refractivity contribution in [2.24, 2.45) is 20.9 Å². The Morgan fingerprint density at radius 3 is 1.39 bits per heavy atom. The minimum Gasteiger partial charge on any atom is -0.462 e. The number of hydrogen-bond acceptors (Lipinski definition) is 15. The highest BCUT2D eigenvalue weighted by Gasteiger charge is 2.75. The molecule has 0 aliphatic rings. The van der Waals surface area contributed by atoms with E-state index in [1.165, 1.54) is 25.2 Å². The van der Waals surface area contributed by atoms with Gasteiger partial charge in [-0.2, -0.15) is 43.9 Å². The first-order valence-corrected chi connectivity index (χ1v) is 24.1. The van der Waals surface area contributed by atoms with Crippen LogP contribution >= 0.6 is 0 Å². The Hall–Kier alpha value is -9.05. The van der Waals surface area contributed by atoms with Crippen molar-refractivity contribution in [3.8, 4) is 5.75 Å². The third-order valence-corrected chi connectivity index (χ3v) is 10.6. The summed E-state index contributed by atoms with van der Waals surface area (Å²) in [4.78, 5) is 78.2. The van der Waals surface area contributed by atoms with Crippen LogP contribution in [-0.4, -0.2) is 131 Å². The van der Waals surface area contributed by atoms with E-state index in [1.807, 2.05) is 0 Å². The largest absolute Gasteiger partial charge is 0.462 e. The fourth-order valence-corrected chi connectivity index (χ4v) is 6.67. The smallest absolute Gasteiger partial charge is 0.460 e. The van der Waals surface area contributed by atoms with Gasteiger partial charge in [0.15, 0.2) is 5.71 Å². The quantitative estimate of drug-likeness (QED) is 0.0123. The van der Waals surface area contributed by atoms with Crippen molar-refractivity contribution in [1.29, 1.82) is 0 Å². The molecular formula is C56H51F14N3O12. The molecule has 0 spiro atoms. The van der Waals surface area contributed by atoms with Crippen molar-refractivity contribution in [2.75, 3.05) is 54.2 Å². The molecule has 85 heavy (non-hydrogen) atoms. The normalized spacial score (nSPS) is 12.4. The summed E-state index contributed by atoms with van der Waals surface area (Å²) in [7, 11) is 2.77. The highest BCUT2D eigenvalue weighted by Crippen LogP contribution is 2.48. The van der Waals surface area contributed by atoms with Crippen LogP contribution in [-0.2, 0) is 42.9 Å². The molecule has 4 rings (SSSR count). The fraction of sp³-hybridized carbons (Fsp3) is 0.304. The van der Waals surface area contributed by atoms with Crippen LogP contribution in [0.4, 0.5) is 61.5 Å². The SMILES string of the molecule is C=CC(=O)OCC(C)CCCC(=O)Oc1cc(F)c(C(=NC)C(F)(F)F)c(F)c1.C=CC(=O)OCCOC(=O)c1cccc(C(=NC)C(F)(F)C(F)(F)C(F)(F)F)c1.C=CC(=O)OCCOC(=O)c1cccc(C(=NC)c2c(F)cccc2F)c1. The van der Waals surface area contributed by atoms with Gasteiger partial charge in [0.05, 0.1) is 34.6 Å². The molecule has 0 aliphatic heterocycles. The van der Waals surface area contributed by atoms with Crippen LogP contribution in [0.15, 0.2) is 132 Å². The average Bonchev–Trinajstić information content (AvgIpc) is 1.15. The van der Waals surface area contributed by atoms with Gasteiger partial charge in [-0.25, -0.2) is 41.5 Å². The summed E-state index contributed by atoms with van der Waals surface area (Å²) < 4.78 is 215. The lowest BCUT2D eigenvalue weighted by molar-refractivity contribution is -0.336. The minimum atomic E-state index is -6.54. The average molecular weight is 1220 g/mol. The molecule has 1 unspecified atom stereocenters. The summed E-state index contributed by atoms with van der Waals surface area (Å²) in [5, 5.41) is 0. The van der Waals surface area contributed by atoms with Gasteiger partial charge < -0.3 is 28.4 Å². The zero-order valence-electron chi connectivity index (χ0n) is 45.1. The van der Waals surface area contributed by atoms with E-state index >= 15 is 0 Å². The van der Waals surface area contributed by atoms with Crippen molar-refractivity contribution in [1.82, 2.24) is 0 Å². The van der Waals surface area contributed by atoms with E-state index in [0.717, 1.165) is 55.6 Å². The van der Waals surface area contributed by atoms with Crippen molar-refractivity contribution >= 4 is 53.0 Å². The topological polar surface area (TPSA) is 195 Å². The number of alkyl halides is 10. The molecule has 0 amide bonds. The van der Waals surface area contributed by atoms with Gasteiger partial charge in [-0.3, -0.25) is 19.8 Å². The van der Waals surface area contributed by atoms with Gasteiger partial charge in [-0.05, 0) is 55.2 Å². The second kappa shape index (κ2) is 33.3. The number of benzene rings is 4. The van der Waals surface area contributed by atoms with Crippen LogP contribution in [0, 0.1) is 29.2 Å². The molecule has 0 saturated heterocycles. The molecule has 4 aromatic carbocycles. The van der Waals surface area contributed by atoms with E-state index in [2.05, 4.69) is 39.5 Å². The Kier molecular flexibility index (Phi) is 28.2. The predicted molar refractivity (Wildman–Crippen MR) is 277 cm³/mol. The molecule has 460 valence electrons. The maximum absolute atomic E-state index is 14.1. The summed E-state index contributed by atoms with van der Waals surface area (Å²) in [6.07, 6.45) is -7.96. The second-order valence-electron chi connectivity index (χ2n) is 16.7. The maximum atomic E-state index is 14.1. The highest BCUT2D eigenvalue weighted by atomic mass is 19.4. The van der Waals surface area contributed by atoms with Gasteiger partial charge in [0, 0.05) is 69.1 Å². The first kappa shape index (κ1) is 72.1. The lowest BCUT2D eigenvalue weighted by Crippen LogP contribution is -2.56. The fourth-order valence-electron chi connectivity index (χ4n) is 6.67. The van der Waals surface area contributed by atoms with Gasteiger partial charge in [0.1, 0.15) is 61.2 Å². The van der Waals surface area contributed by atoms with Crippen molar-refractivity contribution in [2.45, 2.75) is 50.4 Å². The third kappa shape index (κ3) is 21.6. The first-order chi connectivity index (χ1) is 39.8. The molecule has 15 nitrogen and oxygen atoms in total. The van der Waals surface area contributed by atoms with Crippen LogP contribution in [0.2, 0.25) is 0 Å². The number of esters is 6. The molecule has 0 radical (unpaired) electrons. The number of halogens is 14. The van der Waals surface area contributed by atoms with Crippen LogP contribution in [0.1, 0.15) is 69.2 Å². The molecule has 0 N–H and O–H groups in total. The van der Waals surface area contributed by atoms with Crippen LogP contribution in [0.3, 0.4) is 0 Å². The lowest BCUT2D eigenvalue weighted by atomic mass is 9.97. The lowest BCUT2D eigenvalue weighted by Gasteiger charge is -2.29. The zero-order valence-corrected chi connectivity index (χ0v) is 45.1. The number of aliphatic imine (C=N–C) groups is 3. The summed E-state index contributed by atoms with van der Waals surface area (Å²) in [5.41, 5.74) is -5.87. The monoisotopic (exact) mass is 1220 g/mol. The standard InChI is InChI=1S/C20H17F2NO4.C19H20F5NO4.C17H14F7NO4/c1-3-17(24)26-10-11-27-20(25)14-7-4-6-13(12-14)19(23-2)18-15(21)8-5-9-16(18)22;1-4-15(26)28-10-11(2)6-5-7-16(27)29-12-8-13(20)17(14(21)9-12)18(25-3)19(22,23)24;1-3-12(26)28-7-8-29-14(27)11-6-4-5-10(9-11)13(25-2)15(18,19)16(20,21)17(22,23)24/h3-9,12H,1,10-11H2,2H3;4,8-9,11H,1,5-7,10H2,2-3H3;3-6,9H,1,7-8H2,2H3. The minimum absolute atomic E-state index is 0.0463. The van der Waals surface area contributed by atoms with E-state index in [-0.39, 0.29) is 55.6 Å². The highest BCUT2D eigenvalue weighted by molar-refractivity contribution is 6.14. The summed E-state index contributed by atoms with van der Waals surface area (Å²) in [6.45, 7) is 10.5. The Balaban J connectivity index is 0.000000435.